The number of rotatable bonds is 8. The van der Waals surface area contributed by atoms with Gasteiger partial charge in [0, 0.05) is 30.4 Å². The number of carbonyl (C=O) groups excluding carboxylic acids is 2. The Morgan fingerprint density at radius 1 is 0.889 bits per heavy atom. The fraction of sp³-hybridized carbons (Fsp3) is 0.185. The molecule has 0 aliphatic heterocycles. The highest BCUT2D eigenvalue weighted by molar-refractivity contribution is 7.90. The number of carbonyl (C=O) groups is 2. The number of benzene rings is 3. The van der Waals surface area contributed by atoms with Crippen LogP contribution in [0.2, 0.25) is 10.0 Å². The number of nitrogens with zero attached hydrogens (tertiary/aromatic N) is 3. The molecule has 4 amide bonds. The molecule has 45 heavy (non-hydrogen) atoms. The van der Waals surface area contributed by atoms with Crippen LogP contribution in [0, 0.1) is 23.3 Å². The number of halogens is 6. The summed E-state index contributed by atoms with van der Waals surface area (Å²) < 4.78 is 83.7. The van der Waals surface area contributed by atoms with E-state index in [1.165, 1.54) is 20.0 Å². The maximum Gasteiger partial charge on any atom is 0.332 e. The highest BCUT2D eigenvalue weighted by Crippen LogP contribution is 2.28. The van der Waals surface area contributed by atoms with Crippen molar-refractivity contribution in [3.05, 3.63) is 97.9 Å². The van der Waals surface area contributed by atoms with E-state index in [9.17, 15) is 40.4 Å². The van der Waals surface area contributed by atoms with Crippen LogP contribution >= 0.6 is 23.2 Å². The summed E-state index contributed by atoms with van der Waals surface area (Å²) in [6.07, 6.45) is 0. The minimum absolute atomic E-state index is 0.0157. The van der Waals surface area contributed by atoms with Crippen molar-refractivity contribution in [3.8, 4) is 0 Å². The maximum absolute atomic E-state index is 14.3. The minimum atomic E-state index is -4.47. The lowest BCUT2D eigenvalue weighted by atomic mass is 10.1. The molecule has 4 aromatic rings. The molecule has 3 aromatic carbocycles. The molecule has 0 aliphatic rings. The van der Waals surface area contributed by atoms with Gasteiger partial charge >= 0.3 is 12.1 Å². The molecule has 18 heteroatoms. The van der Waals surface area contributed by atoms with Gasteiger partial charge < -0.3 is 15.5 Å². The van der Waals surface area contributed by atoms with Crippen LogP contribution < -0.4 is 20.9 Å². The van der Waals surface area contributed by atoms with Gasteiger partial charge in [-0.15, -0.1) is 0 Å². The number of anilines is 2. The first-order valence-corrected chi connectivity index (χ1v) is 15.1. The molecule has 1 aromatic heterocycles. The molecular formula is C27H22Cl2F4N6O5S. The average Bonchev–Trinajstić information content (AvgIpc) is 2.95. The molecule has 0 saturated heterocycles. The zero-order valence-electron chi connectivity index (χ0n) is 23.2. The molecule has 11 nitrogen and oxygen atoms in total. The highest BCUT2D eigenvalue weighted by Gasteiger charge is 2.29. The first-order chi connectivity index (χ1) is 21.1. The van der Waals surface area contributed by atoms with E-state index in [-0.39, 0.29) is 37.9 Å². The molecule has 0 fully saturated rings. The fourth-order valence-corrected chi connectivity index (χ4v) is 5.44. The van der Waals surface area contributed by atoms with Gasteiger partial charge in [-0.1, -0.05) is 23.2 Å². The van der Waals surface area contributed by atoms with E-state index >= 15 is 0 Å². The quantitative estimate of drug-likeness (QED) is 0.208. The third kappa shape index (κ3) is 7.82. The second-order valence-corrected chi connectivity index (χ2v) is 12.2. The number of fused-ring (bicyclic) bond motifs is 1. The first-order valence-electron chi connectivity index (χ1n) is 12.7. The van der Waals surface area contributed by atoms with Crippen molar-refractivity contribution in [1.82, 2.24) is 19.4 Å². The van der Waals surface area contributed by atoms with Crippen LogP contribution in [0.3, 0.4) is 0 Å². The van der Waals surface area contributed by atoms with Crippen LogP contribution in [-0.4, -0.2) is 47.5 Å². The molecular weight excluding hydrogens is 667 g/mol. The molecule has 0 unspecified atom stereocenters. The van der Waals surface area contributed by atoms with E-state index in [1.54, 1.807) is 4.72 Å². The summed E-state index contributed by atoms with van der Waals surface area (Å²) >= 11 is 11.5. The summed E-state index contributed by atoms with van der Waals surface area (Å²) in [5, 5.41) is 7.69. The monoisotopic (exact) mass is 688 g/mol. The van der Waals surface area contributed by atoms with Crippen molar-refractivity contribution in [2.45, 2.75) is 13.0 Å². The molecule has 1 heterocycles. The van der Waals surface area contributed by atoms with Crippen molar-refractivity contribution in [2.24, 2.45) is 7.05 Å². The normalized spacial score (nSPS) is 12.1. The van der Waals surface area contributed by atoms with Crippen molar-refractivity contribution < 1.29 is 35.6 Å². The van der Waals surface area contributed by atoms with Crippen LogP contribution in [0.25, 0.3) is 10.8 Å². The summed E-state index contributed by atoms with van der Waals surface area (Å²) in [5.41, 5.74) is -0.863. The summed E-state index contributed by atoms with van der Waals surface area (Å²) in [5.74, 6) is -5.01. The van der Waals surface area contributed by atoms with Gasteiger partial charge in [-0.3, -0.25) is 4.79 Å². The Morgan fingerprint density at radius 2 is 1.42 bits per heavy atom. The van der Waals surface area contributed by atoms with Gasteiger partial charge in [-0.2, -0.15) is 5.10 Å². The third-order valence-corrected chi connectivity index (χ3v) is 8.24. The zero-order valence-corrected chi connectivity index (χ0v) is 25.5. The topological polar surface area (TPSA) is 142 Å². The van der Waals surface area contributed by atoms with Crippen LogP contribution in [0.4, 0.5) is 38.5 Å². The van der Waals surface area contributed by atoms with Crippen molar-refractivity contribution in [3.63, 3.8) is 0 Å². The predicted octanol–water partition coefficient (Wildman–Crippen LogP) is 5.54. The van der Waals surface area contributed by atoms with Gasteiger partial charge in [0.1, 0.15) is 11.6 Å². The number of aryl methyl sites for hydroxylation is 1. The van der Waals surface area contributed by atoms with Gasteiger partial charge in [0.2, 0.25) is 10.0 Å². The second-order valence-electron chi connectivity index (χ2n) is 9.56. The predicted molar refractivity (Wildman–Crippen MR) is 160 cm³/mol. The average molecular weight is 689 g/mol. The third-order valence-electron chi connectivity index (χ3n) is 6.44. The van der Waals surface area contributed by atoms with Crippen molar-refractivity contribution >= 4 is 67.4 Å². The van der Waals surface area contributed by atoms with Crippen molar-refractivity contribution in [1.29, 1.82) is 0 Å². The Hall–Kier alpha value is -4.41. The molecule has 0 bridgehead atoms. The SMILES string of the molecule is C[C@@H](c1nn(C)c(=O)c2cc(F)c(F)cc12)N(CCS(=O)(=O)NC(=O)Nc1ccc(F)c(Cl)c1)C(=O)Nc1ccc(F)c(Cl)c1. The van der Waals surface area contributed by atoms with Crippen LogP contribution in [0.5, 0.6) is 0 Å². The molecule has 0 saturated carbocycles. The Kier molecular flexibility index (Phi) is 9.89. The Labute approximate surface area is 262 Å². The molecule has 1 atom stereocenters. The number of amides is 4. The Morgan fingerprint density at radius 3 is 1.98 bits per heavy atom. The van der Waals surface area contributed by atoms with Crippen molar-refractivity contribution in [2.75, 3.05) is 22.9 Å². The van der Waals surface area contributed by atoms with Gasteiger partial charge in [-0.05, 0) is 55.5 Å². The summed E-state index contributed by atoms with van der Waals surface area (Å²) in [4.78, 5) is 39.4. The van der Waals surface area contributed by atoms with E-state index < -0.39 is 69.3 Å². The summed E-state index contributed by atoms with van der Waals surface area (Å²) in [7, 11) is -3.22. The standard InChI is InChI=1S/C27H22Cl2F4N6O5S/c1-13(24-16-11-22(32)23(33)12-17(16)25(40)38(2)36-24)39(27(42)35-15-4-6-21(31)19(29)10-15)7-8-45(43,44)37-26(41)34-14-3-5-20(30)18(28)9-14/h3-6,9-13H,7-8H2,1-2H3,(H,35,42)(H2,34,37,41)/t13-/m0/s1. The number of aromatic nitrogens is 2. The van der Waals surface area contributed by atoms with E-state index in [2.05, 4.69) is 15.7 Å². The summed E-state index contributed by atoms with van der Waals surface area (Å²) in [6.45, 7) is 0.762. The minimum Gasteiger partial charge on any atom is -0.315 e. The lowest BCUT2D eigenvalue weighted by Crippen LogP contribution is -2.44. The van der Waals surface area contributed by atoms with Crippen LogP contribution in [0.1, 0.15) is 18.7 Å². The van der Waals surface area contributed by atoms with Gasteiger partial charge in [0.15, 0.2) is 11.6 Å². The lowest BCUT2D eigenvalue weighted by molar-refractivity contribution is 0.196. The van der Waals surface area contributed by atoms with Gasteiger partial charge in [0.05, 0.1) is 32.9 Å². The largest absolute Gasteiger partial charge is 0.332 e. The number of urea groups is 2. The smallest absolute Gasteiger partial charge is 0.315 e. The molecule has 238 valence electrons. The number of nitrogens with one attached hydrogen (secondary N) is 3. The Bertz CT molecular complexity index is 2000. The highest BCUT2D eigenvalue weighted by atomic mass is 35.5. The summed E-state index contributed by atoms with van der Waals surface area (Å²) in [6, 6.07) is 4.43. The molecule has 3 N–H and O–H groups in total. The number of hydrogen-bond donors (Lipinski definition) is 3. The number of hydrogen-bond acceptors (Lipinski definition) is 6. The van der Waals surface area contributed by atoms with Crippen LogP contribution in [0.15, 0.2) is 53.3 Å². The Balaban J connectivity index is 1.64. The zero-order chi connectivity index (χ0) is 33.2. The molecule has 0 spiro atoms. The van der Waals surface area contributed by atoms with E-state index in [1.807, 2.05) is 0 Å². The van der Waals surface area contributed by atoms with Gasteiger partial charge in [-0.25, -0.2) is 45.0 Å². The molecule has 0 aliphatic carbocycles. The molecule has 4 rings (SSSR count). The number of sulfonamides is 1. The maximum atomic E-state index is 14.3. The fourth-order valence-electron chi connectivity index (χ4n) is 4.21. The second kappa shape index (κ2) is 13.3. The lowest BCUT2D eigenvalue weighted by Gasteiger charge is -2.30. The van der Waals surface area contributed by atoms with E-state index in [4.69, 9.17) is 23.2 Å². The van der Waals surface area contributed by atoms with E-state index in [0.29, 0.717) is 6.07 Å². The van der Waals surface area contributed by atoms with Gasteiger partial charge in [0.25, 0.3) is 5.56 Å². The van der Waals surface area contributed by atoms with E-state index in [0.717, 1.165) is 46.0 Å². The first kappa shape index (κ1) is 33.5. The molecule has 0 radical (unpaired) electrons. The van der Waals surface area contributed by atoms with Crippen LogP contribution in [-0.2, 0) is 17.1 Å².